The Labute approximate surface area is 124 Å². The van der Waals surface area contributed by atoms with Crippen LogP contribution in [0.15, 0.2) is 18.2 Å². The van der Waals surface area contributed by atoms with Crippen molar-refractivity contribution in [1.29, 1.82) is 0 Å². The molecule has 1 aromatic rings. The van der Waals surface area contributed by atoms with Crippen molar-refractivity contribution in [2.24, 2.45) is 0 Å². The standard InChI is InChI=1S/C14H23N3O2S/c1-15-12-8-7-9-13(14(12)17(18)19)16-10-5-3-4-6-11-20-2/h7-9,15-16H,3-6,10-11H2,1-2H3. The quantitative estimate of drug-likeness (QED) is 0.388. The Morgan fingerprint density at radius 1 is 1.20 bits per heavy atom. The van der Waals surface area contributed by atoms with Crippen molar-refractivity contribution in [2.75, 3.05) is 36.2 Å². The van der Waals surface area contributed by atoms with Crippen LogP contribution in [-0.4, -0.2) is 30.5 Å². The second-order valence-electron chi connectivity index (χ2n) is 4.54. The molecule has 1 aromatic carbocycles. The Hall–Kier alpha value is -1.43. The van der Waals surface area contributed by atoms with Gasteiger partial charge in [0.1, 0.15) is 11.4 Å². The van der Waals surface area contributed by atoms with Gasteiger partial charge in [0.25, 0.3) is 0 Å². The summed E-state index contributed by atoms with van der Waals surface area (Å²) < 4.78 is 0. The summed E-state index contributed by atoms with van der Waals surface area (Å²) in [6.07, 6.45) is 6.79. The highest BCUT2D eigenvalue weighted by molar-refractivity contribution is 7.98. The van der Waals surface area contributed by atoms with E-state index in [9.17, 15) is 10.1 Å². The van der Waals surface area contributed by atoms with Gasteiger partial charge >= 0.3 is 5.69 Å². The van der Waals surface area contributed by atoms with E-state index in [1.807, 2.05) is 17.8 Å². The molecule has 0 fully saturated rings. The van der Waals surface area contributed by atoms with Gasteiger partial charge in [0, 0.05) is 13.6 Å². The van der Waals surface area contributed by atoms with Gasteiger partial charge in [-0.15, -0.1) is 0 Å². The van der Waals surface area contributed by atoms with Crippen LogP contribution in [0, 0.1) is 10.1 Å². The number of nitrogens with one attached hydrogen (secondary N) is 2. The Balaban J connectivity index is 2.45. The highest BCUT2D eigenvalue weighted by Gasteiger charge is 2.18. The summed E-state index contributed by atoms with van der Waals surface area (Å²) in [4.78, 5) is 10.8. The molecular weight excluding hydrogens is 274 g/mol. The molecule has 2 N–H and O–H groups in total. The zero-order valence-electron chi connectivity index (χ0n) is 12.1. The average Bonchev–Trinajstić information content (AvgIpc) is 2.45. The molecule has 0 aliphatic heterocycles. The molecule has 0 aliphatic rings. The van der Waals surface area contributed by atoms with E-state index in [4.69, 9.17) is 0 Å². The zero-order chi connectivity index (χ0) is 14.8. The van der Waals surface area contributed by atoms with E-state index in [-0.39, 0.29) is 10.6 Å². The van der Waals surface area contributed by atoms with E-state index >= 15 is 0 Å². The van der Waals surface area contributed by atoms with Crippen molar-refractivity contribution in [3.63, 3.8) is 0 Å². The lowest BCUT2D eigenvalue weighted by Gasteiger charge is -2.09. The molecule has 5 nitrogen and oxygen atoms in total. The predicted molar refractivity (Wildman–Crippen MR) is 88.0 cm³/mol. The molecule has 0 radical (unpaired) electrons. The fourth-order valence-electron chi connectivity index (χ4n) is 2.03. The second-order valence-corrected chi connectivity index (χ2v) is 5.53. The normalized spacial score (nSPS) is 10.3. The maximum atomic E-state index is 11.1. The first-order valence-corrected chi connectivity index (χ1v) is 8.28. The number of nitro groups is 1. The number of nitro benzene ring substituents is 1. The molecule has 0 unspecified atom stereocenters. The van der Waals surface area contributed by atoms with Crippen LogP contribution in [0.5, 0.6) is 0 Å². The van der Waals surface area contributed by atoms with Crippen molar-refractivity contribution in [1.82, 2.24) is 0 Å². The number of benzene rings is 1. The first-order valence-electron chi connectivity index (χ1n) is 6.88. The summed E-state index contributed by atoms with van der Waals surface area (Å²) in [5.41, 5.74) is 1.25. The Kier molecular flexibility index (Phi) is 7.87. The van der Waals surface area contributed by atoms with Gasteiger partial charge in [-0.1, -0.05) is 18.9 Å². The minimum absolute atomic E-state index is 0.123. The van der Waals surface area contributed by atoms with Crippen LogP contribution in [-0.2, 0) is 0 Å². The molecule has 0 heterocycles. The summed E-state index contributed by atoms with van der Waals surface area (Å²) in [7, 11) is 1.69. The van der Waals surface area contributed by atoms with Gasteiger partial charge in [-0.2, -0.15) is 11.8 Å². The van der Waals surface area contributed by atoms with Gasteiger partial charge in [0.2, 0.25) is 0 Å². The van der Waals surface area contributed by atoms with E-state index in [2.05, 4.69) is 16.9 Å². The molecule has 0 aromatic heterocycles. The number of rotatable bonds is 10. The van der Waals surface area contributed by atoms with Crippen LogP contribution < -0.4 is 10.6 Å². The Morgan fingerprint density at radius 3 is 2.55 bits per heavy atom. The van der Waals surface area contributed by atoms with Gasteiger partial charge < -0.3 is 10.6 Å². The lowest BCUT2D eigenvalue weighted by Crippen LogP contribution is -2.06. The van der Waals surface area contributed by atoms with Crippen molar-refractivity contribution >= 4 is 28.8 Å². The van der Waals surface area contributed by atoms with Gasteiger partial charge in [-0.3, -0.25) is 10.1 Å². The fourth-order valence-corrected chi connectivity index (χ4v) is 2.53. The molecule has 0 bridgehead atoms. The minimum Gasteiger partial charge on any atom is -0.382 e. The molecule has 20 heavy (non-hydrogen) atoms. The molecule has 1 rings (SSSR count). The number of hydrogen-bond acceptors (Lipinski definition) is 5. The molecule has 112 valence electrons. The molecular formula is C14H23N3O2S. The van der Waals surface area contributed by atoms with Crippen LogP contribution in [0.25, 0.3) is 0 Å². The zero-order valence-corrected chi connectivity index (χ0v) is 13.0. The van der Waals surface area contributed by atoms with Crippen LogP contribution in [0.3, 0.4) is 0 Å². The maximum Gasteiger partial charge on any atom is 0.315 e. The van der Waals surface area contributed by atoms with E-state index in [0.29, 0.717) is 11.4 Å². The topological polar surface area (TPSA) is 67.2 Å². The number of nitrogens with zero attached hydrogens (tertiary/aromatic N) is 1. The average molecular weight is 297 g/mol. The van der Waals surface area contributed by atoms with Gasteiger partial charge in [0.15, 0.2) is 0 Å². The summed E-state index contributed by atoms with van der Waals surface area (Å²) >= 11 is 1.87. The molecule has 0 amide bonds. The molecule has 0 spiro atoms. The van der Waals surface area contributed by atoms with Gasteiger partial charge in [-0.25, -0.2) is 0 Å². The third kappa shape index (κ3) is 5.28. The first kappa shape index (κ1) is 16.6. The molecule has 0 aliphatic carbocycles. The third-order valence-corrected chi connectivity index (χ3v) is 3.78. The largest absolute Gasteiger partial charge is 0.382 e. The highest BCUT2D eigenvalue weighted by Crippen LogP contribution is 2.32. The lowest BCUT2D eigenvalue weighted by molar-refractivity contribution is -0.383. The summed E-state index contributed by atoms with van der Waals surface area (Å²) in [6, 6.07) is 5.29. The molecule has 0 atom stereocenters. The lowest BCUT2D eigenvalue weighted by atomic mass is 10.2. The number of anilines is 2. The van der Waals surface area contributed by atoms with Crippen molar-refractivity contribution < 1.29 is 4.92 Å². The number of hydrogen-bond donors (Lipinski definition) is 2. The maximum absolute atomic E-state index is 11.1. The monoisotopic (exact) mass is 297 g/mol. The van der Waals surface area contributed by atoms with Gasteiger partial charge in [0.05, 0.1) is 4.92 Å². The molecule has 6 heteroatoms. The van der Waals surface area contributed by atoms with E-state index in [1.165, 1.54) is 18.6 Å². The summed E-state index contributed by atoms with van der Waals surface area (Å²) in [5, 5.41) is 17.2. The van der Waals surface area contributed by atoms with Crippen LogP contribution >= 0.6 is 11.8 Å². The van der Waals surface area contributed by atoms with E-state index in [1.54, 1.807) is 19.2 Å². The number of unbranched alkanes of at least 4 members (excludes halogenated alkanes) is 3. The third-order valence-electron chi connectivity index (χ3n) is 3.08. The summed E-state index contributed by atoms with van der Waals surface area (Å²) in [6.45, 7) is 0.771. The minimum atomic E-state index is -0.341. The van der Waals surface area contributed by atoms with Crippen molar-refractivity contribution in [3.05, 3.63) is 28.3 Å². The summed E-state index contributed by atoms with van der Waals surface area (Å²) in [5.74, 6) is 1.21. The van der Waals surface area contributed by atoms with Crippen LogP contribution in [0.4, 0.5) is 17.1 Å². The fraction of sp³-hybridized carbons (Fsp3) is 0.571. The first-order chi connectivity index (χ1) is 9.70. The molecule has 0 saturated carbocycles. The van der Waals surface area contributed by atoms with Crippen LogP contribution in [0.1, 0.15) is 25.7 Å². The van der Waals surface area contributed by atoms with Gasteiger partial charge in [-0.05, 0) is 37.0 Å². The smallest absolute Gasteiger partial charge is 0.315 e. The SMILES string of the molecule is CNc1cccc(NCCCCCCSC)c1[N+](=O)[O-]. The van der Waals surface area contributed by atoms with E-state index in [0.717, 1.165) is 19.4 Å². The van der Waals surface area contributed by atoms with Crippen molar-refractivity contribution in [3.8, 4) is 0 Å². The Bertz CT molecular complexity index is 427. The number of para-hydroxylation sites is 1. The highest BCUT2D eigenvalue weighted by atomic mass is 32.2. The molecule has 0 saturated heterocycles. The van der Waals surface area contributed by atoms with E-state index < -0.39 is 0 Å². The Morgan fingerprint density at radius 2 is 1.90 bits per heavy atom. The van der Waals surface area contributed by atoms with Crippen molar-refractivity contribution in [2.45, 2.75) is 25.7 Å². The number of thioether (sulfide) groups is 1. The predicted octanol–water partition coefficient (Wildman–Crippen LogP) is 3.97. The van der Waals surface area contributed by atoms with Crippen LogP contribution in [0.2, 0.25) is 0 Å². The second kappa shape index (κ2) is 9.47.